The van der Waals surface area contributed by atoms with Gasteiger partial charge in [-0.3, -0.25) is 0 Å². The van der Waals surface area contributed by atoms with Crippen LogP contribution in [-0.2, 0) is 16.2 Å². The summed E-state index contributed by atoms with van der Waals surface area (Å²) in [4.78, 5) is 5.53. The fourth-order valence-electron chi connectivity index (χ4n) is 20.1. The highest BCUT2D eigenvalue weighted by Crippen LogP contribution is 2.57. The van der Waals surface area contributed by atoms with Crippen LogP contribution in [0.15, 0.2) is 346 Å². The third kappa shape index (κ3) is 11.4. The zero-order valence-corrected chi connectivity index (χ0v) is 71.5. The average Bonchev–Trinajstić information content (AvgIpc) is 0.733. The van der Waals surface area contributed by atoms with Crippen LogP contribution in [0.1, 0.15) is 79.0 Å². The molecule has 3 aliphatic rings. The van der Waals surface area contributed by atoms with E-state index in [-0.39, 0.29) is 23.0 Å². The fraction of sp³-hybridized carbons (Fsp3) is 0.105. The number of nitrogens with zero attached hydrogens (tertiary/aromatic N) is 3. The van der Waals surface area contributed by atoms with Gasteiger partial charge in [0.15, 0.2) is 0 Å². The molecule has 3 nitrogen and oxygen atoms in total. The van der Waals surface area contributed by atoms with E-state index in [0.717, 1.165) is 106 Å². The molecule has 121 heavy (non-hydrogen) atoms. The van der Waals surface area contributed by atoms with Gasteiger partial charge in [-0.05, 0) is 262 Å². The van der Waals surface area contributed by atoms with Gasteiger partial charge in [-0.15, -0.1) is 34.0 Å². The van der Waals surface area contributed by atoms with E-state index in [1.54, 1.807) is 0 Å². The molecule has 17 aromatic carbocycles. The van der Waals surface area contributed by atoms with Gasteiger partial charge in [0.1, 0.15) is 0 Å². The van der Waals surface area contributed by atoms with Crippen LogP contribution in [-0.4, -0.2) is 11.3 Å². The number of anilines is 6. The molecule has 0 saturated carbocycles. The van der Waals surface area contributed by atoms with E-state index in [1.165, 1.54) is 138 Å². The number of fused-ring (bicyclic) bond motifs is 29. The van der Waals surface area contributed by atoms with Crippen LogP contribution in [0.3, 0.4) is 0 Å². The molecule has 0 aliphatic carbocycles. The molecule has 7 heteroatoms. The van der Waals surface area contributed by atoms with Crippen LogP contribution in [0, 0.1) is 0 Å². The predicted molar refractivity (Wildman–Crippen MR) is 527 cm³/mol. The van der Waals surface area contributed by atoms with Crippen LogP contribution in [0.25, 0.3) is 177 Å². The second kappa shape index (κ2) is 26.7. The van der Waals surface area contributed by atoms with Crippen molar-refractivity contribution < 1.29 is 0 Å². The molecular weight excluding hydrogens is 1520 g/mol. The van der Waals surface area contributed by atoms with Gasteiger partial charge in [0, 0.05) is 122 Å². The van der Waals surface area contributed by atoms with Gasteiger partial charge in [-0.2, -0.15) is 0 Å². The van der Waals surface area contributed by atoms with E-state index >= 15 is 0 Å². The first-order valence-electron chi connectivity index (χ1n) is 42.4. The van der Waals surface area contributed by atoms with Gasteiger partial charge in [0.2, 0.25) is 0 Å². The van der Waals surface area contributed by atoms with Gasteiger partial charge >= 0.3 is 0 Å². The number of hydrogen-bond donors (Lipinski definition) is 0. The summed E-state index contributed by atoms with van der Waals surface area (Å²) in [5.74, 6) is 0. The molecular formula is C114H84BN3S3. The second-order valence-corrected chi connectivity index (χ2v) is 40.0. The molecule has 3 aliphatic heterocycles. The highest BCUT2D eigenvalue weighted by atomic mass is 32.1. The maximum Gasteiger partial charge on any atom is 0.252 e. The van der Waals surface area contributed by atoms with Gasteiger partial charge in [0.25, 0.3) is 6.71 Å². The lowest BCUT2D eigenvalue weighted by molar-refractivity contribution is 0.590. The summed E-state index contributed by atoms with van der Waals surface area (Å²) < 4.78 is 10.3. The lowest BCUT2D eigenvalue weighted by atomic mass is 9.33. The summed E-state index contributed by atoms with van der Waals surface area (Å²) >= 11 is 5.63. The van der Waals surface area contributed by atoms with Crippen LogP contribution < -0.4 is 26.2 Å². The molecule has 13 bridgehead atoms. The maximum atomic E-state index is 2.76. The molecule has 24 rings (SSSR count). The zero-order valence-electron chi connectivity index (χ0n) is 69.1. The smallest absolute Gasteiger partial charge is 0.252 e. The summed E-state index contributed by atoms with van der Waals surface area (Å²) in [5.41, 5.74) is 35.6. The first-order chi connectivity index (χ1) is 58.8. The first-order valence-corrected chi connectivity index (χ1v) is 44.9. The van der Waals surface area contributed by atoms with Crippen molar-refractivity contribution in [3.8, 4) is 94.7 Å². The van der Waals surface area contributed by atoms with Crippen LogP contribution in [0.2, 0.25) is 0 Å². The van der Waals surface area contributed by atoms with Crippen molar-refractivity contribution in [2.75, 3.05) is 9.80 Å². The number of aromatic nitrogens is 1. The standard InChI is InChI=1S/C114H84BN3S3/c1-112(2,3)79-60-86(67-24-12-10-13-25-67)110-88(62-79)77-30-22-28-69(52-77)71-38-45-97-90(54-71)91-55-72(39-46-98(91)116(97)82-44-51-108-94(66-82)85-34-18-21-37-105(85)121-108)70-29-23-31-78(53-70)89-63-80(113(4,5)6)61-87(68-26-14-11-15-27-68)111(89)118-100-48-41-76(74-43-50-107-93(57-74)84-33-17-20-36-104(84)120-107)59-96(100)115-95-58-75(73-42-49-106-92(56-73)83-32-16-19-35-103(83)119-106)40-47-99(95)117(110)101-64-81(114(7,8)9)65-102(118)109(101)115/h10-66H,1-9H3. The third-order valence-corrected chi connectivity index (χ3v) is 29.8. The minimum absolute atomic E-state index is 0.254. The Morgan fingerprint density at radius 3 is 0.959 bits per heavy atom. The lowest BCUT2D eigenvalue weighted by Crippen LogP contribution is -2.61. The van der Waals surface area contributed by atoms with Crippen molar-refractivity contribution in [2.45, 2.75) is 78.6 Å². The quantitative estimate of drug-likeness (QED) is 0.159. The molecule has 4 aromatic heterocycles. The molecule has 0 saturated heterocycles. The number of benzene rings is 17. The van der Waals surface area contributed by atoms with Gasteiger partial charge < -0.3 is 14.4 Å². The van der Waals surface area contributed by atoms with Crippen LogP contribution in [0.5, 0.6) is 0 Å². The van der Waals surface area contributed by atoms with Gasteiger partial charge in [0.05, 0.1) is 22.4 Å². The largest absolute Gasteiger partial charge is 0.310 e. The van der Waals surface area contributed by atoms with E-state index in [9.17, 15) is 0 Å². The first kappa shape index (κ1) is 71.9. The fourth-order valence-corrected chi connectivity index (χ4v) is 23.3. The summed E-state index contributed by atoms with van der Waals surface area (Å²) in [6, 6.07) is 135. The molecule has 0 fully saturated rings. The van der Waals surface area contributed by atoms with E-state index in [0.29, 0.717) is 0 Å². The Hall–Kier alpha value is -13.1. The van der Waals surface area contributed by atoms with Crippen molar-refractivity contribution in [3.63, 3.8) is 0 Å². The second-order valence-electron chi connectivity index (χ2n) is 36.8. The van der Waals surface area contributed by atoms with E-state index < -0.39 is 0 Å². The monoisotopic (exact) mass is 1600 g/mol. The SMILES string of the molecule is CC(C)(C)c1cc(-c2ccccc2)c2c(c1)-c1cccc(c1)-c1ccc3c(c1)c1cc(ccc1n3-c1ccc3sc4ccccc4c3c1)-c1cccc(c1)-c1cc(C(C)(C)C)cc(-c3ccccc3)c1N1c3ccc(-c4ccc5sc6ccccc6c5c4)cc3B3c4cc(-c5ccc6sc7ccccc7c6c5)ccc4N2c2cc(C(C)(C)C)cc1c23. The molecule has 21 aromatic rings. The maximum absolute atomic E-state index is 2.76. The molecule has 576 valence electrons. The Kier molecular flexibility index (Phi) is 15.9. The highest BCUT2D eigenvalue weighted by Gasteiger charge is 2.47. The van der Waals surface area contributed by atoms with Crippen molar-refractivity contribution in [3.05, 3.63) is 362 Å². The minimum atomic E-state index is -0.339. The molecule has 7 heterocycles. The van der Waals surface area contributed by atoms with Gasteiger partial charge in [-0.25, -0.2) is 0 Å². The van der Waals surface area contributed by atoms with Crippen molar-refractivity contribution >= 4 is 174 Å². The predicted octanol–water partition coefficient (Wildman–Crippen LogP) is 31.5. The molecule has 0 amide bonds. The van der Waals surface area contributed by atoms with Crippen molar-refractivity contribution in [1.82, 2.24) is 4.57 Å². The topological polar surface area (TPSA) is 11.4 Å². The van der Waals surface area contributed by atoms with Crippen LogP contribution >= 0.6 is 34.0 Å². The summed E-state index contributed by atoms with van der Waals surface area (Å²) in [6.07, 6.45) is 0. The Labute approximate surface area is 718 Å². The summed E-state index contributed by atoms with van der Waals surface area (Å²) in [6.45, 7) is 21.3. The average molecular weight is 1600 g/mol. The Morgan fingerprint density at radius 1 is 0.223 bits per heavy atom. The molecule has 0 N–H and O–H groups in total. The number of hydrogen-bond acceptors (Lipinski definition) is 5. The Bertz CT molecular complexity index is 7590. The molecule has 0 unspecified atom stereocenters. The van der Waals surface area contributed by atoms with E-state index in [2.05, 4.69) is 422 Å². The zero-order chi connectivity index (χ0) is 81.2. The number of thiophene rings is 3. The van der Waals surface area contributed by atoms with Crippen molar-refractivity contribution in [1.29, 1.82) is 0 Å². The molecule has 0 radical (unpaired) electrons. The summed E-state index contributed by atoms with van der Waals surface area (Å²) in [5, 5.41) is 10.1. The highest BCUT2D eigenvalue weighted by molar-refractivity contribution is 7.26. The normalized spacial score (nSPS) is 13.1. The lowest BCUT2D eigenvalue weighted by Gasteiger charge is -2.47. The van der Waals surface area contributed by atoms with E-state index in [1.807, 2.05) is 34.0 Å². The summed E-state index contributed by atoms with van der Waals surface area (Å²) in [7, 11) is 0. The molecule has 0 spiro atoms. The Morgan fingerprint density at radius 2 is 0.537 bits per heavy atom. The minimum Gasteiger partial charge on any atom is -0.310 e. The van der Waals surface area contributed by atoms with E-state index in [4.69, 9.17) is 0 Å². The van der Waals surface area contributed by atoms with Crippen molar-refractivity contribution in [2.24, 2.45) is 0 Å². The molecule has 0 atom stereocenters. The third-order valence-electron chi connectivity index (χ3n) is 26.3. The number of rotatable bonds is 5. The van der Waals surface area contributed by atoms with Crippen LogP contribution in [0.4, 0.5) is 34.1 Å². The Balaban J connectivity index is 0.869. The van der Waals surface area contributed by atoms with Gasteiger partial charge in [-0.1, -0.05) is 263 Å².